The van der Waals surface area contributed by atoms with Gasteiger partial charge in [-0.1, -0.05) is 17.7 Å². The van der Waals surface area contributed by atoms with E-state index >= 15 is 0 Å². The first-order chi connectivity index (χ1) is 11.0. The molecule has 0 spiro atoms. The maximum Gasteiger partial charge on any atom is 0.339 e. The van der Waals surface area contributed by atoms with Gasteiger partial charge in [-0.3, -0.25) is 0 Å². The van der Waals surface area contributed by atoms with Gasteiger partial charge in [-0.15, -0.1) is 0 Å². The van der Waals surface area contributed by atoms with E-state index in [0.717, 1.165) is 5.69 Å². The van der Waals surface area contributed by atoms with Crippen LogP contribution in [0.2, 0.25) is 5.02 Å². The number of benzene rings is 2. The molecule has 0 aliphatic carbocycles. The molecule has 23 heavy (non-hydrogen) atoms. The Labute approximate surface area is 139 Å². The van der Waals surface area contributed by atoms with Crippen LogP contribution in [-0.4, -0.2) is 18.2 Å². The summed E-state index contributed by atoms with van der Waals surface area (Å²) in [5, 5.41) is 4.48. The number of hydrogen-bond donors (Lipinski definition) is 0. The summed E-state index contributed by atoms with van der Waals surface area (Å²) in [7, 11) is -3.94. The zero-order chi connectivity index (χ0) is 16.4. The van der Waals surface area contributed by atoms with Crippen molar-refractivity contribution in [2.45, 2.75) is 11.8 Å². The van der Waals surface area contributed by atoms with E-state index in [4.69, 9.17) is 15.8 Å². The zero-order valence-electron chi connectivity index (χ0n) is 12.2. The minimum Gasteiger partial charge on any atom is -0.379 e. The molecule has 3 aromatic rings. The van der Waals surface area contributed by atoms with Crippen molar-refractivity contribution in [3.63, 3.8) is 0 Å². The lowest BCUT2D eigenvalue weighted by Gasteiger charge is -2.10. The Morgan fingerprint density at radius 1 is 1.09 bits per heavy atom. The number of halogens is 1. The smallest absolute Gasteiger partial charge is 0.339 e. The largest absolute Gasteiger partial charge is 0.379 e. The minimum atomic E-state index is -3.94. The predicted octanol–water partition coefficient (Wildman–Crippen LogP) is 3.60. The summed E-state index contributed by atoms with van der Waals surface area (Å²) in [6.45, 7) is 1.64. The highest BCUT2D eigenvalue weighted by atomic mass is 35.5. The Balaban J connectivity index is 1.87. The van der Waals surface area contributed by atoms with Gasteiger partial charge in [0, 0.05) is 17.4 Å². The molecule has 0 fully saturated rings. The molecule has 7 heteroatoms. The fraction of sp³-hybridized carbons (Fsp3) is 0.0625. The highest BCUT2D eigenvalue weighted by molar-refractivity contribution is 7.87. The Morgan fingerprint density at radius 2 is 1.83 bits per heavy atom. The van der Waals surface area contributed by atoms with Crippen LogP contribution in [0.15, 0.2) is 65.8 Å². The molecular weight excluding hydrogens is 336 g/mol. The molecule has 2 aromatic carbocycles. The molecular formula is C16H13ClN2O3S. The van der Waals surface area contributed by atoms with Crippen molar-refractivity contribution >= 4 is 21.7 Å². The van der Waals surface area contributed by atoms with E-state index in [9.17, 15) is 8.42 Å². The molecule has 0 bridgehead atoms. The zero-order valence-corrected chi connectivity index (χ0v) is 13.8. The van der Waals surface area contributed by atoms with E-state index in [1.807, 2.05) is 0 Å². The van der Waals surface area contributed by atoms with E-state index in [1.165, 1.54) is 6.07 Å². The van der Waals surface area contributed by atoms with Gasteiger partial charge in [0.25, 0.3) is 0 Å². The molecule has 0 unspecified atom stereocenters. The second-order valence-corrected chi connectivity index (χ2v) is 6.77. The molecule has 0 aliphatic heterocycles. The van der Waals surface area contributed by atoms with Crippen molar-refractivity contribution < 1.29 is 12.6 Å². The SMILES string of the molecule is Cc1c(Cl)cccc1S(=O)(=O)Oc1ccc(-n2cccn2)cc1. The van der Waals surface area contributed by atoms with Crippen molar-refractivity contribution in [2.75, 3.05) is 0 Å². The Morgan fingerprint density at radius 3 is 2.48 bits per heavy atom. The molecule has 1 heterocycles. The van der Waals surface area contributed by atoms with E-state index in [1.54, 1.807) is 66.5 Å². The molecule has 0 N–H and O–H groups in total. The lowest BCUT2D eigenvalue weighted by Crippen LogP contribution is -2.11. The maximum atomic E-state index is 12.4. The molecule has 1 aromatic heterocycles. The van der Waals surface area contributed by atoms with Crippen LogP contribution in [-0.2, 0) is 10.1 Å². The third-order valence-electron chi connectivity index (χ3n) is 3.30. The van der Waals surface area contributed by atoms with Gasteiger partial charge in [0.05, 0.1) is 5.69 Å². The molecule has 0 saturated heterocycles. The maximum absolute atomic E-state index is 12.4. The van der Waals surface area contributed by atoms with Gasteiger partial charge in [-0.05, 0) is 55.0 Å². The quantitative estimate of drug-likeness (QED) is 0.676. The summed E-state index contributed by atoms with van der Waals surface area (Å²) >= 11 is 5.97. The van der Waals surface area contributed by atoms with Crippen LogP contribution in [0.25, 0.3) is 5.69 Å². The third-order valence-corrected chi connectivity index (χ3v) is 5.10. The highest BCUT2D eigenvalue weighted by Gasteiger charge is 2.20. The summed E-state index contributed by atoms with van der Waals surface area (Å²) in [4.78, 5) is 0.0566. The van der Waals surface area contributed by atoms with Gasteiger partial charge in [-0.2, -0.15) is 13.5 Å². The van der Waals surface area contributed by atoms with Gasteiger partial charge in [0.15, 0.2) is 0 Å². The molecule has 0 aliphatic rings. The topological polar surface area (TPSA) is 61.2 Å². The molecule has 5 nitrogen and oxygen atoms in total. The summed E-state index contributed by atoms with van der Waals surface area (Å²) in [5.74, 6) is 0.222. The summed E-state index contributed by atoms with van der Waals surface area (Å²) in [6, 6.07) is 13.1. The van der Waals surface area contributed by atoms with Crippen LogP contribution in [0.4, 0.5) is 0 Å². The van der Waals surface area contributed by atoms with Crippen molar-refractivity contribution in [3.8, 4) is 11.4 Å². The van der Waals surface area contributed by atoms with E-state index in [0.29, 0.717) is 10.6 Å². The fourth-order valence-corrected chi connectivity index (χ4v) is 3.52. The van der Waals surface area contributed by atoms with Gasteiger partial charge < -0.3 is 4.18 Å². The molecule has 0 saturated carbocycles. The highest BCUT2D eigenvalue weighted by Crippen LogP contribution is 2.26. The van der Waals surface area contributed by atoms with Crippen molar-refractivity contribution in [3.05, 3.63) is 71.5 Å². The minimum absolute atomic E-state index is 0.0566. The molecule has 0 radical (unpaired) electrons. The Kier molecular flexibility index (Phi) is 4.11. The normalized spacial score (nSPS) is 11.4. The molecule has 118 valence electrons. The number of nitrogens with zero attached hydrogens (tertiary/aromatic N) is 2. The first-order valence-corrected chi connectivity index (χ1v) is 8.56. The second-order valence-electron chi connectivity index (χ2n) is 4.84. The number of rotatable bonds is 4. The number of aromatic nitrogens is 2. The van der Waals surface area contributed by atoms with E-state index < -0.39 is 10.1 Å². The Bertz CT molecular complexity index is 920. The summed E-state index contributed by atoms with van der Waals surface area (Å²) in [5.41, 5.74) is 1.26. The average Bonchev–Trinajstić information content (AvgIpc) is 3.04. The van der Waals surface area contributed by atoms with Gasteiger partial charge in [-0.25, -0.2) is 4.68 Å². The summed E-state index contributed by atoms with van der Waals surface area (Å²) < 4.78 is 31.6. The fourth-order valence-electron chi connectivity index (χ4n) is 2.11. The van der Waals surface area contributed by atoms with Crippen LogP contribution < -0.4 is 4.18 Å². The van der Waals surface area contributed by atoms with Crippen molar-refractivity contribution in [1.29, 1.82) is 0 Å². The summed E-state index contributed by atoms with van der Waals surface area (Å²) in [6.07, 6.45) is 3.46. The second kappa shape index (κ2) is 6.06. The average molecular weight is 349 g/mol. The molecule has 0 atom stereocenters. The lowest BCUT2D eigenvalue weighted by molar-refractivity contribution is 0.485. The van der Waals surface area contributed by atoms with Crippen molar-refractivity contribution in [1.82, 2.24) is 9.78 Å². The molecule has 3 rings (SSSR count). The molecule has 0 amide bonds. The number of hydrogen-bond acceptors (Lipinski definition) is 4. The van der Waals surface area contributed by atoms with Crippen LogP contribution >= 0.6 is 11.6 Å². The standard InChI is InChI=1S/C16H13ClN2O3S/c1-12-15(17)4-2-5-16(12)23(20,21)22-14-8-6-13(7-9-14)19-11-3-10-18-19/h2-11H,1H3. The third kappa shape index (κ3) is 3.23. The van der Waals surface area contributed by atoms with Crippen LogP contribution in [0, 0.1) is 6.92 Å². The van der Waals surface area contributed by atoms with Gasteiger partial charge in [0.1, 0.15) is 10.6 Å². The van der Waals surface area contributed by atoms with Crippen LogP contribution in [0.3, 0.4) is 0 Å². The Hall–Kier alpha value is -2.31. The first-order valence-electron chi connectivity index (χ1n) is 6.77. The van der Waals surface area contributed by atoms with Crippen LogP contribution in [0.5, 0.6) is 5.75 Å². The van der Waals surface area contributed by atoms with Gasteiger partial charge >= 0.3 is 10.1 Å². The van der Waals surface area contributed by atoms with Crippen molar-refractivity contribution in [2.24, 2.45) is 0 Å². The monoisotopic (exact) mass is 348 g/mol. The lowest BCUT2D eigenvalue weighted by atomic mass is 10.2. The van der Waals surface area contributed by atoms with E-state index in [2.05, 4.69) is 5.10 Å². The van der Waals surface area contributed by atoms with E-state index in [-0.39, 0.29) is 10.6 Å². The predicted molar refractivity (Wildman–Crippen MR) is 87.6 cm³/mol. The first kappa shape index (κ1) is 15.6. The van der Waals surface area contributed by atoms with Crippen LogP contribution in [0.1, 0.15) is 5.56 Å². The van der Waals surface area contributed by atoms with Gasteiger partial charge in [0.2, 0.25) is 0 Å².